The van der Waals surface area contributed by atoms with Gasteiger partial charge < -0.3 is 19.4 Å². The van der Waals surface area contributed by atoms with Crippen LogP contribution in [0.25, 0.3) is 10.9 Å². The number of hydrogen-bond acceptors (Lipinski definition) is 3. The minimum Gasteiger partial charge on any atom is -0.467 e. The van der Waals surface area contributed by atoms with E-state index in [1.165, 1.54) is 0 Å². The summed E-state index contributed by atoms with van der Waals surface area (Å²) in [5, 5.41) is 11.4. The Kier molecular flexibility index (Phi) is 3.86. The number of likely N-dealkylation sites (tertiary alicyclic amines) is 1. The molecule has 0 bridgehead atoms. The van der Waals surface area contributed by atoms with Crippen molar-refractivity contribution in [1.82, 2.24) is 9.88 Å². The van der Waals surface area contributed by atoms with Crippen molar-refractivity contribution in [2.24, 2.45) is 0 Å². The summed E-state index contributed by atoms with van der Waals surface area (Å²) in [6.07, 6.45) is 5.09. The lowest BCUT2D eigenvalue weighted by atomic mass is 10.0. The quantitative estimate of drug-likeness (QED) is 0.772. The Morgan fingerprint density at radius 1 is 1.33 bits per heavy atom. The molecule has 1 saturated heterocycles. The lowest BCUT2D eigenvalue weighted by molar-refractivity contribution is 0.0643. The number of aromatic amines is 1. The summed E-state index contributed by atoms with van der Waals surface area (Å²) in [5.41, 5.74) is 1.57. The molecule has 1 fully saturated rings. The first-order chi connectivity index (χ1) is 11.7. The second-order valence-corrected chi connectivity index (χ2v) is 6.31. The van der Waals surface area contributed by atoms with E-state index in [4.69, 9.17) is 4.42 Å². The highest BCUT2D eigenvalue weighted by molar-refractivity contribution is 6.05. The zero-order valence-corrected chi connectivity index (χ0v) is 13.3. The van der Waals surface area contributed by atoms with Crippen molar-refractivity contribution in [2.45, 2.75) is 31.4 Å². The third-order valence-corrected chi connectivity index (χ3v) is 4.82. The van der Waals surface area contributed by atoms with Gasteiger partial charge in [0.05, 0.1) is 17.3 Å². The van der Waals surface area contributed by atoms with Gasteiger partial charge >= 0.3 is 0 Å². The molecule has 1 aliphatic heterocycles. The number of rotatable bonds is 4. The Balaban J connectivity index is 1.56. The number of aliphatic hydroxyl groups excluding tert-OH is 1. The van der Waals surface area contributed by atoms with Crippen LogP contribution < -0.4 is 0 Å². The van der Waals surface area contributed by atoms with E-state index in [9.17, 15) is 9.90 Å². The number of nitrogens with zero attached hydrogens (tertiary/aromatic N) is 1. The van der Waals surface area contributed by atoms with Gasteiger partial charge in [0.15, 0.2) is 0 Å². The van der Waals surface area contributed by atoms with E-state index in [0.29, 0.717) is 17.7 Å². The molecule has 3 aromatic rings. The number of para-hydroxylation sites is 1. The van der Waals surface area contributed by atoms with Crippen LogP contribution in [-0.2, 0) is 0 Å². The fourth-order valence-electron chi connectivity index (χ4n) is 3.62. The number of carbonyl (C=O) groups excluding carboxylic acids is 1. The second kappa shape index (κ2) is 6.17. The number of aromatic nitrogens is 1. The fourth-order valence-corrected chi connectivity index (χ4v) is 3.62. The van der Waals surface area contributed by atoms with Crippen molar-refractivity contribution < 1.29 is 14.3 Å². The van der Waals surface area contributed by atoms with Crippen molar-refractivity contribution in [2.75, 3.05) is 6.54 Å². The molecule has 0 aliphatic carbocycles. The van der Waals surface area contributed by atoms with Gasteiger partial charge in [-0.2, -0.15) is 0 Å². The largest absolute Gasteiger partial charge is 0.467 e. The van der Waals surface area contributed by atoms with Gasteiger partial charge in [-0.3, -0.25) is 4.79 Å². The minimum absolute atomic E-state index is 0.0252. The number of H-pyrrole nitrogens is 1. The van der Waals surface area contributed by atoms with Crippen LogP contribution in [-0.4, -0.2) is 33.5 Å². The van der Waals surface area contributed by atoms with Gasteiger partial charge in [0.1, 0.15) is 11.9 Å². The number of nitrogens with one attached hydrogen (secondary N) is 1. The number of carbonyl (C=O) groups is 1. The summed E-state index contributed by atoms with van der Waals surface area (Å²) < 4.78 is 5.27. The molecule has 1 aliphatic rings. The van der Waals surface area contributed by atoms with Crippen LogP contribution in [0.5, 0.6) is 0 Å². The highest BCUT2D eigenvalue weighted by Crippen LogP contribution is 2.30. The predicted molar refractivity (Wildman–Crippen MR) is 90.6 cm³/mol. The summed E-state index contributed by atoms with van der Waals surface area (Å²) in [7, 11) is 0. The molecule has 2 unspecified atom stereocenters. The first-order valence-electron chi connectivity index (χ1n) is 8.32. The van der Waals surface area contributed by atoms with Crippen molar-refractivity contribution in [3.8, 4) is 0 Å². The van der Waals surface area contributed by atoms with Gasteiger partial charge in [-0.05, 0) is 37.1 Å². The van der Waals surface area contributed by atoms with Crippen LogP contribution >= 0.6 is 0 Å². The lowest BCUT2D eigenvalue weighted by Gasteiger charge is -2.26. The van der Waals surface area contributed by atoms with Gasteiger partial charge in [-0.15, -0.1) is 0 Å². The molecule has 2 atom stereocenters. The van der Waals surface area contributed by atoms with E-state index in [1.54, 1.807) is 18.4 Å². The van der Waals surface area contributed by atoms with E-state index < -0.39 is 6.10 Å². The summed E-state index contributed by atoms with van der Waals surface area (Å²) in [6.45, 7) is 0.728. The smallest absolute Gasteiger partial charge is 0.256 e. The molecular weight excluding hydrogens is 304 g/mol. The van der Waals surface area contributed by atoms with E-state index >= 15 is 0 Å². The van der Waals surface area contributed by atoms with E-state index in [2.05, 4.69) is 4.98 Å². The van der Waals surface area contributed by atoms with Crippen LogP contribution in [0.15, 0.2) is 53.3 Å². The Morgan fingerprint density at radius 2 is 2.25 bits per heavy atom. The number of amides is 1. The van der Waals surface area contributed by atoms with Gasteiger partial charge in [0, 0.05) is 30.6 Å². The molecule has 1 amide bonds. The monoisotopic (exact) mass is 324 g/mol. The summed E-state index contributed by atoms with van der Waals surface area (Å²) in [6, 6.07) is 11.3. The molecule has 1 aromatic carbocycles. The molecule has 3 heterocycles. The molecule has 2 aromatic heterocycles. The predicted octanol–water partition coefficient (Wildman–Crippen LogP) is 3.49. The second-order valence-electron chi connectivity index (χ2n) is 6.31. The maximum atomic E-state index is 13.0. The minimum atomic E-state index is -0.681. The topological polar surface area (TPSA) is 69.5 Å². The van der Waals surface area contributed by atoms with Gasteiger partial charge in [0.2, 0.25) is 0 Å². The molecule has 4 rings (SSSR count). The average Bonchev–Trinajstić information content (AvgIpc) is 3.33. The number of aliphatic hydroxyl groups is 1. The highest BCUT2D eigenvalue weighted by Gasteiger charge is 2.32. The van der Waals surface area contributed by atoms with Crippen LogP contribution in [0.1, 0.15) is 41.5 Å². The maximum absolute atomic E-state index is 13.0. The molecule has 0 radical (unpaired) electrons. The third kappa shape index (κ3) is 2.61. The maximum Gasteiger partial charge on any atom is 0.256 e. The van der Waals surface area contributed by atoms with E-state index in [1.807, 2.05) is 35.4 Å². The molecule has 0 saturated carbocycles. The van der Waals surface area contributed by atoms with Crippen molar-refractivity contribution in [3.63, 3.8) is 0 Å². The molecular formula is C19H20N2O3. The van der Waals surface area contributed by atoms with Crippen LogP contribution in [0.4, 0.5) is 0 Å². The molecule has 2 N–H and O–H groups in total. The van der Waals surface area contributed by atoms with Crippen molar-refractivity contribution in [1.29, 1.82) is 0 Å². The van der Waals surface area contributed by atoms with Crippen LogP contribution in [0.2, 0.25) is 0 Å². The normalized spacial score (nSPS) is 19.0. The first kappa shape index (κ1) is 15.0. The molecule has 5 heteroatoms. The van der Waals surface area contributed by atoms with Crippen LogP contribution in [0.3, 0.4) is 0 Å². The fraction of sp³-hybridized carbons (Fsp3) is 0.316. The SMILES string of the molecule is O=C(c1cccc2cc[nH]c12)N1CCCC1CC(O)c1ccco1. The molecule has 0 spiro atoms. The number of benzene rings is 1. The Labute approximate surface area is 139 Å². The molecule has 24 heavy (non-hydrogen) atoms. The van der Waals surface area contributed by atoms with Gasteiger partial charge in [-0.25, -0.2) is 0 Å². The standard InChI is InChI=1S/C19H20N2O3/c22-16(17-7-3-11-24-17)12-14-5-2-10-21(14)19(23)15-6-1-4-13-8-9-20-18(13)15/h1,3-4,6-9,11,14,16,20,22H,2,5,10,12H2. The Hall–Kier alpha value is -2.53. The Morgan fingerprint density at radius 3 is 3.08 bits per heavy atom. The number of fused-ring (bicyclic) bond motifs is 1. The van der Waals surface area contributed by atoms with Gasteiger partial charge in [-0.1, -0.05) is 12.1 Å². The summed E-state index contributed by atoms with van der Waals surface area (Å²) in [4.78, 5) is 18.1. The highest BCUT2D eigenvalue weighted by atomic mass is 16.4. The van der Waals surface area contributed by atoms with Crippen LogP contribution in [0, 0.1) is 0 Å². The summed E-state index contributed by atoms with van der Waals surface area (Å²) >= 11 is 0. The number of furan rings is 1. The first-order valence-corrected chi connectivity index (χ1v) is 8.32. The lowest BCUT2D eigenvalue weighted by Crippen LogP contribution is -2.36. The van der Waals surface area contributed by atoms with E-state index in [0.717, 1.165) is 30.3 Å². The molecule has 124 valence electrons. The molecule has 5 nitrogen and oxygen atoms in total. The zero-order chi connectivity index (χ0) is 16.5. The van der Waals surface area contributed by atoms with E-state index in [-0.39, 0.29) is 11.9 Å². The third-order valence-electron chi connectivity index (χ3n) is 4.82. The van der Waals surface area contributed by atoms with Crippen molar-refractivity contribution in [3.05, 3.63) is 60.2 Å². The zero-order valence-electron chi connectivity index (χ0n) is 13.3. The number of hydrogen-bond donors (Lipinski definition) is 2. The van der Waals surface area contributed by atoms with Gasteiger partial charge in [0.25, 0.3) is 5.91 Å². The average molecular weight is 324 g/mol. The summed E-state index contributed by atoms with van der Waals surface area (Å²) in [5.74, 6) is 0.581. The van der Waals surface area contributed by atoms with Crippen molar-refractivity contribution >= 4 is 16.8 Å². The Bertz CT molecular complexity index is 837.